The molecule has 4 nitrogen and oxygen atoms in total. The van der Waals surface area contributed by atoms with E-state index in [9.17, 15) is 57.3 Å². The van der Waals surface area contributed by atoms with Crippen molar-refractivity contribution in [3.05, 3.63) is 0 Å². The zero-order valence-electron chi connectivity index (χ0n) is 15.2. The van der Waals surface area contributed by atoms with Gasteiger partial charge < -0.3 is 4.55 Å². The first-order valence-electron chi connectivity index (χ1n) is 7.92. The zero-order chi connectivity index (χ0) is 23.5. The Labute approximate surface area is 164 Å². The third-order valence-corrected chi connectivity index (χ3v) is 5.67. The number of halogens is 9. The lowest BCUT2D eigenvalue weighted by molar-refractivity contribution is -0.382. The molecule has 0 aromatic heterocycles. The van der Waals surface area contributed by atoms with E-state index in [0.717, 1.165) is 18.6 Å². The van der Waals surface area contributed by atoms with E-state index in [1.165, 1.54) is 19.3 Å². The minimum Gasteiger partial charge on any atom is -0.743 e. The normalized spacial score (nSPS) is 17.7. The molecule has 15 heteroatoms. The summed E-state index contributed by atoms with van der Waals surface area (Å²) in [4.78, 5) is 11.6. The topological polar surface area (TPSA) is 74.3 Å². The molecule has 0 unspecified atom stereocenters. The number of carbonyl (C=O) groups is 1. The summed E-state index contributed by atoms with van der Waals surface area (Å²) < 4.78 is 135. The minimum absolute atomic E-state index is 0.303. The van der Waals surface area contributed by atoms with Crippen molar-refractivity contribution < 1.29 is 57.3 Å². The van der Waals surface area contributed by atoms with Crippen molar-refractivity contribution in [3.8, 4) is 0 Å². The number of carbonyl (C=O) groups excluding carboxylic acids is 1. The van der Waals surface area contributed by atoms with Crippen LogP contribution in [0.4, 0.5) is 39.5 Å². The van der Waals surface area contributed by atoms with Gasteiger partial charge in [-0.3, -0.25) is 4.79 Å². The Bertz CT molecular complexity index is 654. The molecule has 0 aromatic rings. The van der Waals surface area contributed by atoms with Gasteiger partial charge >= 0.3 is 23.3 Å². The summed E-state index contributed by atoms with van der Waals surface area (Å²) in [7, 11) is -7.11. The molecule has 174 valence electrons. The molecular weight excluding hydrogens is 467 g/mol. The fourth-order valence-corrected chi connectivity index (χ4v) is 3.59. The predicted molar refractivity (Wildman–Crippen MR) is 86.3 cm³/mol. The molecule has 1 fully saturated rings. The van der Waals surface area contributed by atoms with Gasteiger partial charge in [0.1, 0.15) is 0 Å². The van der Waals surface area contributed by atoms with E-state index < -0.39 is 33.4 Å². The Morgan fingerprint density at radius 1 is 0.897 bits per heavy atom. The first kappa shape index (κ1) is 28.3. The van der Waals surface area contributed by atoms with Crippen LogP contribution in [-0.2, 0) is 25.8 Å². The van der Waals surface area contributed by atoms with Gasteiger partial charge in [0.25, 0.3) is 0 Å². The fourth-order valence-electron chi connectivity index (χ4n) is 2.34. The second-order valence-corrected chi connectivity index (χ2v) is 10.2. The molecule has 0 N–H and O–H groups in total. The van der Waals surface area contributed by atoms with Gasteiger partial charge in [0.15, 0.2) is 21.7 Å². The Morgan fingerprint density at radius 3 is 1.62 bits per heavy atom. The van der Waals surface area contributed by atoms with Gasteiger partial charge in [0.05, 0.1) is 12.5 Å². The maximum absolute atomic E-state index is 12.2. The van der Waals surface area contributed by atoms with Crippen molar-refractivity contribution in [1.82, 2.24) is 0 Å². The second-order valence-electron chi connectivity index (χ2n) is 6.55. The number of ketones is 1. The van der Waals surface area contributed by atoms with Gasteiger partial charge in [-0.15, -0.1) is 0 Å². The number of hydrogen-bond donors (Lipinski definition) is 0. The van der Waals surface area contributed by atoms with Crippen LogP contribution in [0.25, 0.3) is 0 Å². The van der Waals surface area contributed by atoms with Crippen molar-refractivity contribution in [1.29, 1.82) is 0 Å². The lowest BCUT2D eigenvalue weighted by Crippen LogP contribution is -2.63. The van der Waals surface area contributed by atoms with Crippen LogP contribution in [0.3, 0.4) is 0 Å². The molecule has 0 heterocycles. The summed E-state index contributed by atoms with van der Waals surface area (Å²) >= 11 is 0. The largest absolute Gasteiger partial charge is 0.743 e. The van der Waals surface area contributed by atoms with Crippen molar-refractivity contribution >= 4 is 26.8 Å². The van der Waals surface area contributed by atoms with Crippen LogP contribution >= 0.6 is 0 Å². The summed E-state index contributed by atoms with van der Waals surface area (Å²) in [6.45, 7) is 0. The average molecular weight is 486 g/mol. The predicted octanol–water partition coefficient (Wildman–Crippen LogP) is 3.97. The average Bonchev–Trinajstić information content (AvgIpc) is 2.53. The second kappa shape index (κ2) is 9.62. The fraction of sp³-hybridized carbons (Fsp3) is 0.929. The summed E-state index contributed by atoms with van der Waals surface area (Å²) in [5, 5.41) is -7.11. The lowest BCUT2D eigenvalue weighted by atomic mass is 9.87. The number of hydrogen-bond acceptors (Lipinski definition) is 4. The van der Waals surface area contributed by atoms with Crippen LogP contribution in [0.2, 0.25) is 0 Å². The molecule has 0 spiro atoms. The van der Waals surface area contributed by atoms with Crippen LogP contribution < -0.4 is 0 Å². The van der Waals surface area contributed by atoms with Crippen LogP contribution in [0.5, 0.6) is 0 Å². The minimum atomic E-state index is -7.43. The Kier molecular flexibility index (Phi) is 9.39. The monoisotopic (exact) mass is 486 g/mol. The molecule has 0 atom stereocenters. The molecule has 1 rings (SSSR count). The van der Waals surface area contributed by atoms with Gasteiger partial charge in [0.2, 0.25) is 0 Å². The Hall–Kier alpha value is -0.700. The van der Waals surface area contributed by atoms with Gasteiger partial charge in [-0.2, -0.15) is 39.5 Å². The quantitative estimate of drug-likeness (QED) is 0.324. The SMILES string of the molecule is C[S+](C)CC(=O)C1CCCCC1.O=S(=O)([O-])C(F)(F)C(F)(F)C(F)(F)C(F)(F)F. The van der Waals surface area contributed by atoms with Gasteiger partial charge in [-0.1, -0.05) is 19.3 Å². The zero-order valence-corrected chi connectivity index (χ0v) is 16.8. The molecule has 0 saturated heterocycles. The standard InChI is InChI=1S/C10H19OS.C4HF9O3S/c1-12(2)8-10(11)9-6-4-3-5-7-9;5-1(6,3(9,10)11)2(7,8)4(12,13)17(14,15)16/h9H,3-8H2,1-2H3;(H,14,15,16)/q+1;/p-1. The molecule has 29 heavy (non-hydrogen) atoms. The van der Waals surface area contributed by atoms with Crippen LogP contribution in [0.15, 0.2) is 0 Å². The summed E-state index contributed by atoms with van der Waals surface area (Å²) in [6.07, 6.45) is 3.36. The highest BCUT2D eigenvalue weighted by molar-refractivity contribution is 7.96. The van der Waals surface area contributed by atoms with E-state index in [0.29, 0.717) is 22.6 Å². The summed E-state index contributed by atoms with van der Waals surface area (Å²) in [5.41, 5.74) is 0. The molecule has 1 saturated carbocycles. The summed E-state index contributed by atoms with van der Waals surface area (Å²) in [6, 6.07) is 0. The van der Waals surface area contributed by atoms with Gasteiger partial charge in [0, 0.05) is 5.92 Å². The van der Waals surface area contributed by atoms with Crippen LogP contribution in [-0.4, -0.2) is 60.3 Å². The third-order valence-electron chi connectivity index (χ3n) is 3.92. The molecule has 0 bridgehead atoms. The number of alkyl halides is 9. The molecule has 0 radical (unpaired) electrons. The first-order valence-corrected chi connectivity index (χ1v) is 11.5. The lowest BCUT2D eigenvalue weighted by Gasteiger charge is -2.34. The van der Waals surface area contributed by atoms with Crippen molar-refractivity contribution in [3.63, 3.8) is 0 Å². The van der Waals surface area contributed by atoms with E-state index in [1.807, 2.05) is 0 Å². The molecule has 0 aliphatic heterocycles. The molecule has 0 aromatic carbocycles. The molecular formula is C14H19F9O4S2. The van der Waals surface area contributed by atoms with Gasteiger partial charge in [-0.25, -0.2) is 8.42 Å². The van der Waals surface area contributed by atoms with Crippen molar-refractivity contribution in [2.75, 3.05) is 18.3 Å². The highest BCUT2D eigenvalue weighted by atomic mass is 32.2. The maximum atomic E-state index is 12.2. The van der Waals surface area contributed by atoms with E-state index in [1.54, 1.807) is 0 Å². The number of Topliss-reactive ketones (excluding diaryl/α,β-unsaturated/α-hetero) is 1. The third kappa shape index (κ3) is 6.64. The van der Waals surface area contributed by atoms with Crippen LogP contribution in [0.1, 0.15) is 32.1 Å². The van der Waals surface area contributed by atoms with Crippen molar-refractivity contribution in [2.24, 2.45) is 5.92 Å². The smallest absolute Gasteiger partial charge is 0.460 e. The molecule has 1 aliphatic carbocycles. The molecule has 0 amide bonds. The van der Waals surface area contributed by atoms with E-state index in [-0.39, 0.29) is 0 Å². The van der Waals surface area contributed by atoms with E-state index in [2.05, 4.69) is 12.5 Å². The van der Waals surface area contributed by atoms with Crippen molar-refractivity contribution in [2.45, 2.75) is 55.4 Å². The Morgan fingerprint density at radius 2 is 1.31 bits per heavy atom. The summed E-state index contributed by atoms with van der Waals surface area (Å²) in [5.74, 6) is -13.0. The first-order chi connectivity index (χ1) is 12.7. The van der Waals surface area contributed by atoms with E-state index >= 15 is 0 Å². The number of rotatable bonds is 6. The van der Waals surface area contributed by atoms with Gasteiger partial charge in [-0.05, 0) is 23.7 Å². The van der Waals surface area contributed by atoms with E-state index in [4.69, 9.17) is 0 Å². The maximum Gasteiger partial charge on any atom is 0.460 e. The highest BCUT2D eigenvalue weighted by Gasteiger charge is 2.83. The van der Waals surface area contributed by atoms with Crippen LogP contribution in [0, 0.1) is 5.92 Å². The highest BCUT2D eigenvalue weighted by Crippen LogP contribution is 2.54. The molecule has 1 aliphatic rings. The Balaban J connectivity index is 0.000000571.